The maximum atomic E-state index is 13.1. The largest absolute Gasteiger partial charge is 0.506 e. The predicted molar refractivity (Wildman–Crippen MR) is 126 cm³/mol. The van der Waals surface area contributed by atoms with E-state index in [0.29, 0.717) is 16.8 Å². The van der Waals surface area contributed by atoms with Gasteiger partial charge in [-0.3, -0.25) is 4.79 Å². The van der Waals surface area contributed by atoms with E-state index in [4.69, 9.17) is 4.42 Å². The number of fused-ring (bicyclic) bond motifs is 2. The molecule has 2 unspecified atom stereocenters. The molecule has 0 radical (unpaired) electrons. The number of hydrogen-bond acceptors (Lipinski definition) is 3. The Balaban J connectivity index is 1.72. The quantitative estimate of drug-likeness (QED) is 0.266. The molecule has 0 saturated carbocycles. The van der Waals surface area contributed by atoms with Crippen molar-refractivity contribution in [2.75, 3.05) is 11.5 Å². The van der Waals surface area contributed by atoms with Crippen LogP contribution < -0.4 is 5.32 Å². The van der Waals surface area contributed by atoms with Crippen LogP contribution in [-0.2, 0) is 9.36 Å². The first-order valence-corrected chi connectivity index (χ1v) is 12.1. The number of rotatable bonds is 5. The van der Waals surface area contributed by atoms with Crippen molar-refractivity contribution >= 4 is 73.2 Å². The third kappa shape index (κ3) is 4.08. The fourth-order valence-electron chi connectivity index (χ4n) is 3.45. The van der Waals surface area contributed by atoms with E-state index in [2.05, 4.69) is 37.2 Å². The summed E-state index contributed by atoms with van der Waals surface area (Å²) in [6.07, 6.45) is 1.29. The van der Waals surface area contributed by atoms with Gasteiger partial charge in [-0.2, -0.15) is 4.89 Å². The molecule has 3 aromatic carbocycles. The molecule has 0 spiro atoms. The molecule has 1 aromatic heterocycles. The maximum absolute atomic E-state index is 13.1. The summed E-state index contributed by atoms with van der Waals surface area (Å²) in [6, 6.07) is 15.3. The molecule has 1 heterocycles. The number of amides is 1. The smallest absolute Gasteiger partial charge is 0.463 e. The van der Waals surface area contributed by atoms with Gasteiger partial charge in [-0.1, -0.05) is 46.3 Å². The van der Waals surface area contributed by atoms with Crippen LogP contribution in [0.3, 0.4) is 0 Å². The molecule has 4 rings (SSSR count). The van der Waals surface area contributed by atoms with Crippen molar-refractivity contribution in [2.45, 2.75) is 12.8 Å². The lowest BCUT2D eigenvalue weighted by Gasteiger charge is -2.13. The number of furan rings is 1. The molecule has 4 aromatic rings. The number of benzene rings is 3. The van der Waals surface area contributed by atoms with Crippen molar-refractivity contribution in [1.82, 2.24) is 0 Å². The van der Waals surface area contributed by atoms with Crippen LogP contribution in [0.15, 0.2) is 68.2 Å². The van der Waals surface area contributed by atoms with E-state index < -0.39 is 13.9 Å². The van der Waals surface area contributed by atoms with Crippen LogP contribution in [0.5, 0.6) is 0 Å². The van der Waals surface area contributed by atoms with Crippen molar-refractivity contribution in [2.24, 2.45) is 0 Å². The number of halogens is 2. The highest BCUT2D eigenvalue weighted by molar-refractivity contribution is 9.11. The van der Waals surface area contributed by atoms with Crippen LogP contribution >= 0.6 is 39.9 Å². The Morgan fingerprint density at radius 3 is 2.63 bits per heavy atom. The lowest BCUT2D eigenvalue weighted by atomic mass is 9.98. The predicted octanol–water partition coefficient (Wildman–Crippen LogP) is 6.88. The average Bonchev–Trinajstić information content (AvgIpc) is 3.13. The van der Waals surface area contributed by atoms with E-state index in [0.717, 1.165) is 30.7 Å². The first-order chi connectivity index (χ1) is 14.3. The van der Waals surface area contributed by atoms with Gasteiger partial charge in [0.1, 0.15) is 11.5 Å². The number of nitrogens with one attached hydrogen (secondary N) is 1. The third-order valence-electron chi connectivity index (χ3n) is 5.06. The van der Waals surface area contributed by atoms with Gasteiger partial charge < -0.3 is 9.73 Å². The van der Waals surface area contributed by atoms with Gasteiger partial charge >= 0.3 is 8.03 Å². The van der Waals surface area contributed by atoms with E-state index in [-0.39, 0.29) is 12.1 Å². The molecular weight excluding hydrogens is 533 g/mol. The SMILES string of the molecule is Cc1c(Br)cc2c(C(C[P+](=O)O)C(=O)Nc3ccc4ccccc4c3)coc2c1Br. The van der Waals surface area contributed by atoms with Crippen LogP contribution in [0.25, 0.3) is 21.7 Å². The lowest BCUT2D eigenvalue weighted by molar-refractivity contribution is -0.117. The molecule has 1 amide bonds. The summed E-state index contributed by atoms with van der Waals surface area (Å²) in [7, 11) is -2.53. The zero-order valence-electron chi connectivity index (χ0n) is 15.9. The summed E-state index contributed by atoms with van der Waals surface area (Å²) < 4.78 is 19.0. The van der Waals surface area contributed by atoms with Crippen molar-refractivity contribution in [1.29, 1.82) is 0 Å². The van der Waals surface area contributed by atoms with Crippen molar-refractivity contribution in [3.8, 4) is 0 Å². The standard InChI is InChI=1S/C22H16Br2NO4P/c1-12-19(23)9-16-17(10-29-21(16)20(12)24)18(11-30(27)28)22(26)25-15-7-6-13-4-2-3-5-14(13)8-15/h2-10,18H,11H2,1H3,(H-,25,26,27,28)/p+1. The van der Waals surface area contributed by atoms with Crippen LogP contribution in [0.4, 0.5) is 5.69 Å². The molecule has 5 nitrogen and oxygen atoms in total. The molecule has 8 heteroatoms. The number of hydrogen-bond donors (Lipinski definition) is 2. The van der Waals surface area contributed by atoms with Gasteiger partial charge in [0.25, 0.3) is 0 Å². The monoisotopic (exact) mass is 548 g/mol. The minimum Gasteiger partial charge on any atom is -0.463 e. The normalized spacial score (nSPS) is 12.9. The summed E-state index contributed by atoms with van der Waals surface area (Å²) in [6.45, 7) is 1.93. The number of anilines is 1. The molecule has 0 aliphatic rings. The van der Waals surface area contributed by atoms with E-state index in [1.807, 2.05) is 55.5 Å². The second-order valence-corrected chi connectivity index (χ2v) is 9.72. The van der Waals surface area contributed by atoms with Gasteiger partial charge in [-0.15, -0.1) is 0 Å². The molecule has 0 aliphatic carbocycles. The molecule has 0 fully saturated rings. The minimum atomic E-state index is -2.53. The molecule has 0 bridgehead atoms. The first-order valence-electron chi connectivity index (χ1n) is 9.14. The summed E-state index contributed by atoms with van der Waals surface area (Å²) in [4.78, 5) is 22.7. The Morgan fingerprint density at radius 2 is 1.90 bits per heavy atom. The lowest BCUT2D eigenvalue weighted by Crippen LogP contribution is -2.23. The van der Waals surface area contributed by atoms with Crippen molar-refractivity contribution < 1.29 is 18.7 Å². The Bertz CT molecular complexity index is 1300. The minimum absolute atomic E-state index is 0.202. The number of carbonyl (C=O) groups excluding carboxylic acids is 1. The zero-order valence-corrected chi connectivity index (χ0v) is 19.9. The zero-order chi connectivity index (χ0) is 21.4. The number of carbonyl (C=O) groups is 1. The van der Waals surface area contributed by atoms with Crippen LogP contribution in [0, 0.1) is 6.92 Å². The highest BCUT2D eigenvalue weighted by Gasteiger charge is 2.33. The van der Waals surface area contributed by atoms with Crippen molar-refractivity contribution in [3.05, 3.63) is 74.9 Å². The molecule has 152 valence electrons. The van der Waals surface area contributed by atoms with Crippen LogP contribution in [0.1, 0.15) is 17.0 Å². The van der Waals surface area contributed by atoms with Gasteiger partial charge in [0.15, 0.2) is 6.16 Å². The second kappa shape index (κ2) is 8.60. The van der Waals surface area contributed by atoms with Crippen LogP contribution in [0.2, 0.25) is 0 Å². The molecular formula is C22H17Br2NO4P+. The summed E-state index contributed by atoms with van der Waals surface area (Å²) in [5, 5.41) is 5.67. The Morgan fingerprint density at radius 1 is 1.17 bits per heavy atom. The Hall–Kier alpha value is -2.05. The molecule has 0 saturated heterocycles. The van der Waals surface area contributed by atoms with Crippen molar-refractivity contribution in [3.63, 3.8) is 0 Å². The molecule has 2 N–H and O–H groups in total. The van der Waals surface area contributed by atoms with E-state index in [1.165, 1.54) is 6.26 Å². The molecule has 30 heavy (non-hydrogen) atoms. The molecule has 0 aliphatic heterocycles. The first kappa shape index (κ1) is 21.2. The van der Waals surface area contributed by atoms with Gasteiger partial charge in [0.2, 0.25) is 5.91 Å². The third-order valence-corrected chi connectivity index (χ3v) is 7.52. The highest BCUT2D eigenvalue weighted by atomic mass is 79.9. The van der Waals surface area contributed by atoms with E-state index >= 15 is 0 Å². The van der Waals surface area contributed by atoms with E-state index in [9.17, 15) is 14.3 Å². The fraction of sp³-hybridized carbons (Fsp3) is 0.136. The topological polar surface area (TPSA) is 79.5 Å². The summed E-state index contributed by atoms with van der Waals surface area (Å²) in [5.41, 5.74) is 2.76. The van der Waals surface area contributed by atoms with Gasteiger partial charge in [-0.25, -0.2) is 0 Å². The summed E-state index contributed by atoms with van der Waals surface area (Å²) >= 11 is 7.05. The second-order valence-electron chi connectivity index (χ2n) is 7.00. The Kier molecular flexibility index (Phi) is 6.07. The van der Waals surface area contributed by atoms with Crippen LogP contribution in [-0.4, -0.2) is 17.0 Å². The Labute approximate surface area is 190 Å². The average molecular weight is 550 g/mol. The van der Waals surface area contributed by atoms with E-state index in [1.54, 1.807) is 0 Å². The molecule has 2 atom stereocenters. The fourth-order valence-corrected chi connectivity index (χ4v) is 5.34. The van der Waals surface area contributed by atoms with Gasteiger partial charge in [0.05, 0.1) is 10.7 Å². The van der Waals surface area contributed by atoms with Gasteiger partial charge in [0, 0.05) is 21.1 Å². The summed E-state index contributed by atoms with van der Waals surface area (Å²) in [5.74, 6) is -1.20. The maximum Gasteiger partial charge on any atom is 0.506 e. The highest BCUT2D eigenvalue weighted by Crippen LogP contribution is 2.40. The van der Waals surface area contributed by atoms with Gasteiger partial charge in [-0.05, 0) is 62.0 Å².